The Morgan fingerprint density at radius 2 is 1.85 bits per heavy atom. The molecule has 102 valence electrons. The first kappa shape index (κ1) is 14.3. The van der Waals surface area contributed by atoms with Gasteiger partial charge in [-0.05, 0) is 30.3 Å². The predicted molar refractivity (Wildman–Crippen MR) is 75.6 cm³/mol. The fraction of sp³-hybridized carbons (Fsp3) is 0. The molecule has 0 fully saturated rings. The first-order valence-electron chi connectivity index (χ1n) is 5.43. The molecule has 20 heavy (non-hydrogen) atoms. The number of halogens is 2. The second kappa shape index (κ2) is 5.90. The van der Waals surface area contributed by atoms with Gasteiger partial charge >= 0.3 is 5.97 Å². The summed E-state index contributed by atoms with van der Waals surface area (Å²) < 4.78 is 0. The van der Waals surface area contributed by atoms with E-state index >= 15 is 0 Å². The van der Waals surface area contributed by atoms with Crippen molar-refractivity contribution in [2.75, 3.05) is 5.32 Å². The molecule has 0 aliphatic rings. The summed E-state index contributed by atoms with van der Waals surface area (Å²) in [4.78, 5) is 26.6. The summed E-state index contributed by atoms with van der Waals surface area (Å²) in [5.41, 5.74) is 0.531. The van der Waals surface area contributed by atoms with Gasteiger partial charge in [0.2, 0.25) is 0 Å². The maximum Gasteiger partial charge on any atom is 0.335 e. The van der Waals surface area contributed by atoms with Crippen LogP contribution in [0.4, 0.5) is 5.69 Å². The van der Waals surface area contributed by atoms with Gasteiger partial charge in [-0.3, -0.25) is 4.79 Å². The molecule has 0 unspecified atom stereocenters. The summed E-state index contributed by atoms with van der Waals surface area (Å²) in [7, 11) is 0. The number of benzene rings is 1. The molecule has 7 heteroatoms. The highest BCUT2D eigenvalue weighted by Gasteiger charge is 2.12. The second-order valence-electron chi connectivity index (χ2n) is 3.82. The lowest BCUT2D eigenvalue weighted by molar-refractivity contribution is 0.0696. The Bertz CT molecular complexity index is 689. The van der Waals surface area contributed by atoms with Gasteiger partial charge in [0.15, 0.2) is 0 Å². The number of hydrogen-bond acceptors (Lipinski definition) is 3. The van der Waals surface area contributed by atoms with Crippen LogP contribution in [0, 0.1) is 0 Å². The molecule has 0 atom stereocenters. The van der Waals surface area contributed by atoms with Crippen LogP contribution in [0.1, 0.15) is 20.7 Å². The van der Waals surface area contributed by atoms with Crippen molar-refractivity contribution in [2.45, 2.75) is 0 Å². The van der Waals surface area contributed by atoms with E-state index in [1.54, 1.807) is 0 Å². The molecule has 2 N–H and O–H groups in total. The van der Waals surface area contributed by atoms with Crippen molar-refractivity contribution in [3.05, 3.63) is 57.8 Å². The number of carboxylic acids is 1. The number of rotatable bonds is 3. The highest BCUT2D eigenvalue weighted by molar-refractivity contribution is 6.34. The third-order valence-electron chi connectivity index (χ3n) is 2.45. The summed E-state index contributed by atoms with van der Waals surface area (Å²) in [6, 6.07) is 6.91. The van der Waals surface area contributed by atoms with Crippen molar-refractivity contribution in [1.29, 1.82) is 0 Å². The Kier molecular flexibility index (Phi) is 4.22. The molecule has 1 heterocycles. The van der Waals surface area contributed by atoms with Crippen LogP contribution in [0.2, 0.25) is 10.2 Å². The van der Waals surface area contributed by atoms with Gasteiger partial charge in [0, 0.05) is 11.8 Å². The number of aromatic carboxylic acids is 1. The molecule has 0 aliphatic heterocycles. The van der Waals surface area contributed by atoms with Crippen molar-refractivity contribution in [1.82, 2.24) is 4.98 Å². The maximum absolute atomic E-state index is 12.0. The Labute approximate surface area is 124 Å². The quantitative estimate of drug-likeness (QED) is 0.852. The number of nitrogens with zero attached hydrogens (tertiary/aromatic N) is 1. The lowest BCUT2D eigenvalue weighted by Gasteiger charge is -2.08. The molecule has 2 rings (SSSR count). The molecule has 5 nitrogen and oxygen atoms in total. The summed E-state index contributed by atoms with van der Waals surface area (Å²) >= 11 is 11.6. The number of anilines is 1. The van der Waals surface area contributed by atoms with E-state index in [-0.39, 0.29) is 21.4 Å². The zero-order valence-corrected chi connectivity index (χ0v) is 11.4. The molecule has 0 saturated heterocycles. The van der Waals surface area contributed by atoms with E-state index in [0.29, 0.717) is 5.56 Å². The Morgan fingerprint density at radius 3 is 2.50 bits per heavy atom. The lowest BCUT2D eigenvalue weighted by Crippen LogP contribution is -2.13. The maximum atomic E-state index is 12.0. The largest absolute Gasteiger partial charge is 0.478 e. The van der Waals surface area contributed by atoms with Gasteiger partial charge in [-0.2, -0.15) is 0 Å². The number of nitrogens with one attached hydrogen (secondary N) is 1. The van der Waals surface area contributed by atoms with Crippen LogP contribution >= 0.6 is 23.2 Å². The number of pyridine rings is 1. The fourth-order valence-electron chi connectivity index (χ4n) is 1.49. The van der Waals surface area contributed by atoms with E-state index in [1.165, 1.54) is 36.5 Å². The highest BCUT2D eigenvalue weighted by atomic mass is 35.5. The SMILES string of the molecule is O=C(O)c1ccc(Cl)c(NC(=O)c2ccnc(Cl)c2)c1. The molecule has 0 spiro atoms. The van der Waals surface area contributed by atoms with E-state index in [0.717, 1.165) is 0 Å². The van der Waals surface area contributed by atoms with Gasteiger partial charge < -0.3 is 10.4 Å². The molecule has 0 bridgehead atoms. The smallest absolute Gasteiger partial charge is 0.335 e. The normalized spacial score (nSPS) is 10.1. The van der Waals surface area contributed by atoms with Gasteiger partial charge in [-0.15, -0.1) is 0 Å². The summed E-state index contributed by atoms with van der Waals surface area (Å²) in [5, 5.41) is 11.9. The average Bonchev–Trinajstić information content (AvgIpc) is 2.41. The van der Waals surface area contributed by atoms with Gasteiger partial charge in [0.05, 0.1) is 16.3 Å². The molecule has 1 aromatic heterocycles. The zero-order valence-electron chi connectivity index (χ0n) is 9.93. The molecule has 1 amide bonds. The number of aromatic nitrogens is 1. The molecule has 0 aliphatic carbocycles. The minimum absolute atomic E-state index is 0.0254. The Morgan fingerprint density at radius 1 is 1.10 bits per heavy atom. The first-order valence-corrected chi connectivity index (χ1v) is 6.18. The van der Waals surface area contributed by atoms with Crippen molar-refractivity contribution in [2.24, 2.45) is 0 Å². The van der Waals surface area contributed by atoms with Crippen LogP contribution in [0.25, 0.3) is 0 Å². The standard InChI is InChI=1S/C13H8Cl2N2O3/c14-9-2-1-8(13(19)20)5-10(9)17-12(18)7-3-4-16-11(15)6-7/h1-6H,(H,17,18)(H,19,20). The third-order valence-corrected chi connectivity index (χ3v) is 2.99. The van der Waals surface area contributed by atoms with Crippen LogP contribution < -0.4 is 5.32 Å². The number of amides is 1. The average molecular weight is 311 g/mol. The Hall–Kier alpha value is -2.11. The molecular weight excluding hydrogens is 303 g/mol. The topological polar surface area (TPSA) is 79.3 Å². The molecule has 0 radical (unpaired) electrons. The van der Waals surface area contributed by atoms with Gasteiger partial charge in [0.1, 0.15) is 5.15 Å². The molecule has 1 aromatic carbocycles. The summed E-state index contributed by atoms with van der Waals surface area (Å²) in [6.45, 7) is 0. The van der Waals surface area contributed by atoms with Gasteiger partial charge in [-0.25, -0.2) is 9.78 Å². The lowest BCUT2D eigenvalue weighted by atomic mass is 10.2. The number of carbonyl (C=O) groups is 2. The third kappa shape index (κ3) is 3.26. The van der Waals surface area contributed by atoms with Crippen molar-refractivity contribution in [3.63, 3.8) is 0 Å². The molecular formula is C13H8Cl2N2O3. The highest BCUT2D eigenvalue weighted by Crippen LogP contribution is 2.24. The van der Waals surface area contributed by atoms with Crippen molar-refractivity contribution in [3.8, 4) is 0 Å². The Balaban J connectivity index is 2.27. The molecule has 0 saturated carbocycles. The van der Waals surface area contributed by atoms with Crippen molar-refractivity contribution >= 4 is 40.8 Å². The van der Waals surface area contributed by atoms with Crippen LogP contribution in [-0.2, 0) is 0 Å². The summed E-state index contributed by atoms with van der Waals surface area (Å²) in [6.07, 6.45) is 1.40. The molecule has 2 aromatic rings. The van der Waals surface area contributed by atoms with Gasteiger partial charge in [0.25, 0.3) is 5.91 Å². The van der Waals surface area contributed by atoms with Crippen LogP contribution in [0.15, 0.2) is 36.5 Å². The van der Waals surface area contributed by atoms with E-state index in [1.807, 2.05) is 0 Å². The fourth-order valence-corrected chi connectivity index (χ4v) is 1.83. The number of carboxylic acid groups (broad SMARTS) is 1. The monoisotopic (exact) mass is 310 g/mol. The van der Waals surface area contributed by atoms with Gasteiger partial charge in [-0.1, -0.05) is 23.2 Å². The second-order valence-corrected chi connectivity index (χ2v) is 4.62. The van der Waals surface area contributed by atoms with E-state index in [9.17, 15) is 9.59 Å². The first-order chi connectivity index (χ1) is 9.47. The minimum Gasteiger partial charge on any atom is -0.478 e. The van der Waals surface area contributed by atoms with Crippen LogP contribution in [0.5, 0.6) is 0 Å². The van der Waals surface area contributed by atoms with Crippen molar-refractivity contribution < 1.29 is 14.7 Å². The van der Waals surface area contributed by atoms with E-state index < -0.39 is 11.9 Å². The van der Waals surface area contributed by atoms with Crippen LogP contribution in [0.3, 0.4) is 0 Å². The summed E-state index contributed by atoms with van der Waals surface area (Å²) in [5.74, 6) is -1.57. The minimum atomic E-state index is -1.11. The van der Waals surface area contributed by atoms with Crippen LogP contribution in [-0.4, -0.2) is 22.0 Å². The predicted octanol–water partition coefficient (Wildman–Crippen LogP) is 3.34. The zero-order chi connectivity index (χ0) is 14.7. The van der Waals surface area contributed by atoms with E-state index in [2.05, 4.69) is 10.3 Å². The van der Waals surface area contributed by atoms with E-state index in [4.69, 9.17) is 28.3 Å². The number of hydrogen-bond donors (Lipinski definition) is 2. The number of carbonyl (C=O) groups excluding carboxylic acids is 1.